The molecule has 8 nitrogen and oxygen atoms in total. The maximum absolute atomic E-state index is 12.4. The van der Waals surface area contributed by atoms with E-state index in [9.17, 15) is 9.90 Å². The number of hydrogen-bond donors (Lipinski definition) is 2. The average Bonchev–Trinajstić information content (AvgIpc) is 3.26. The van der Waals surface area contributed by atoms with Crippen LogP contribution in [-0.4, -0.2) is 69.0 Å². The van der Waals surface area contributed by atoms with E-state index in [0.29, 0.717) is 17.4 Å². The summed E-state index contributed by atoms with van der Waals surface area (Å²) < 4.78 is 1.43. The van der Waals surface area contributed by atoms with Crippen LogP contribution in [0.15, 0.2) is 40.2 Å². The number of thiazole rings is 1. The molecule has 0 bridgehead atoms. The molecule has 1 fully saturated rings. The number of piperazine rings is 1. The second-order valence-corrected chi connectivity index (χ2v) is 7.60. The van der Waals surface area contributed by atoms with E-state index in [1.165, 1.54) is 22.2 Å². The van der Waals surface area contributed by atoms with Gasteiger partial charge in [-0.1, -0.05) is 0 Å². The Morgan fingerprint density at radius 3 is 2.71 bits per heavy atom. The highest BCUT2D eigenvalue weighted by Gasteiger charge is 2.21. The number of benzene rings is 1. The molecule has 0 saturated carbocycles. The first-order valence-electron chi connectivity index (χ1n) is 9.29. The van der Waals surface area contributed by atoms with Gasteiger partial charge in [0.05, 0.1) is 41.6 Å². The van der Waals surface area contributed by atoms with Crippen molar-refractivity contribution in [3.05, 3.63) is 51.5 Å². The van der Waals surface area contributed by atoms with Crippen LogP contribution in [-0.2, 0) is 6.54 Å². The predicted molar refractivity (Wildman–Crippen MR) is 109 cm³/mol. The summed E-state index contributed by atoms with van der Waals surface area (Å²) in [5.41, 5.74) is 4.05. The highest BCUT2D eigenvalue weighted by Crippen LogP contribution is 2.21. The van der Waals surface area contributed by atoms with Crippen LogP contribution in [0.4, 0.5) is 5.69 Å². The summed E-state index contributed by atoms with van der Waals surface area (Å²) in [5, 5.41) is 21.8. The molecule has 9 heteroatoms. The van der Waals surface area contributed by atoms with Crippen LogP contribution in [0.5, 0.6) is 0 Å². The minimum absolute atomic E-state index is 0.0907. The van der Waals surface area contributed by atoms with Crippen molar-refractivity contribution in [2.45, 2.75) is 12.6 Å². The maximum atomic E-state index is 12.4. The van der Waals surface area contributed by atoms with Crippen LogP contribution in [0.1, 0.15) is 11.8 Å². The fourth-order valence-corrected chi connectivity index (χ4v) is 4.12. The number of aromatic nitrogens is 3. The summed E-state index contributed by atoms with van der Waals surface area (Å²) in [6.07, 6.45) is 0.936. The Hall–Kier alpha value is -2.33. The van der Waals surface area contributed by atoms with Crippen LogP contribution < -0.4 is 10.5 Å². The molecule has 1 aromatic carbocycles. The average molecular weight is 401 g/mol. The summed E-state index contributed by atoms with van der Waals surface area (Å²) in [7, 11) is 0. The Labute approximate surface area is 166 Å². The molecule has 0 spiro atoms. The lowest BCUT2D eigenvalue weighted by Crippen LogP contribution is -2.47. The molecule has 28 heavy (non-hydrogen) atoms. The topological polar surface area (TPSA) is 94.7 Å². The molecule has 0 aliphatic carbocycles. The lowest BCUT2D eigenvalue weighted by Gasteiger charge is -2.36. The van der Waals surface area contributed by atoms with Gasteiger partial charge in [-0.2, -0.15) is 0 Å². The van der Waals surface area contributed by atoms with Gasteiger partial charge in [-0.25, -0.2) is 9.97 Å². The maximum Gasteiger partial charge on any atom is 0.261 e. The summed E-state index contributed by atoms with van der Waals surface area (Å²) in [5.74, 6) is 0. The molecule has 148 valence electrons. The Kier molecular flexibility index (Phi) is 5.67. The molecule has 0 amide bonds. The number of aliphatic hydroxyl groups is 2. The molecule has 1 aliphatic heterocycles. The van der Waals surface area contributed by atoms with E-state index in [1.807, 2.05) is 23.6 Å². The first kappa shape index (κ1) is 19.0. The molecule has 2 N–H and O–H groups in total. The fraction of sp³-hybridized carbons (Fsp3) is 0.421. The van der Waals surface area contributed by atoms with Crippen molar-refractivity contribution in [1.29, 1.82) is 0 Å². The molecule has 1 unspecified atom stereocenters. The van der Waals surface area contributed by atoms with E-state index in [-0.39, 0.29) is 18.7 Å². The van der Waals surface area contributed by atoms with Crippen molar-refractivity contribution in [1.82, 2.24) is 19.4 Å². The normalized spacial score (nSPS) is 16.6. The van der Waals surface area contributed by atoms with Crippen LogP contribution in [0.3, 0.4) is 0 Å². The largest absolute Gasteiger partial charge is 0.395 e. The minimum atomic E-state index is -0.552. The number of anilines is 1. The third-order valence-electron chi connectivity index (χ3n) is 5.11. The van der Waals surface area contributed by atoms with Crippen molar-refractivity contribution in [3.63, 3.8) is 0 Å². The lowest BCUT2D eigenvalue weighted by atomic mass is 10.2. The number of rotatable bonds is 6. The third kappa shape index (κ3) is 3.93. The fourth-order valence-electron chi connectivity index (χ4n) is 3.52. The quantitative estimate of drug-likeness (QED) is 0.628. The molecular formula is C19H23N5O3S. The van der Waals surface area contributed by atoms with Crippen molar-refractivity contribution in [2.24, 2.45) is 0 Å². The molecule has 4 rings (SSSR count). The van der Waals surface area contributed by atoms with Gasteiger partial charge in [0.25, 0.3) is 5.56 Å². The van der Waals surface area contributed by atoms with Crippen LogP contribution >= 0.6 is 11.3 Å². The van der Waals surface area contributed by atoms with Gasteiger partial charge in [0.2, 0.25) is 0 Å². The third-order valence-corrected chi connectivity index (χ3v) is 5.72. The minimum Gasteiger partial charge on any atom is -0.395 e. The van der Waals surface area contributed by atoms with E-state index >= 15 is 0 Å². The summed E-state index contributed by atoms with van der Waals surface area (Å²) in [6, 6.07) is 5.71. The van der Waals surface area contributed by atoms with Gasteiger partial charge in [0, 0.05) is 43.8 Å². The van der Waals surface area contributed by atoms with Crippen molar-refractivity contribution < 1.29 is 10.2 Å². The van der Waals surface area contributed by atoms with E-state index in [4.69, 9.17) is 5.11 Å². The summed E-state index contributed by atoms with van der Waals surface area (Å²) >= 11 is 1.49. The first-order chi connectivity index (χ1) is 13.7. The number of nitrogens with zero attached hydrogens (tertiary/aromatic N) is 5. The number of aliphatic hydroxyl groups excluding tert-OH is 2. The Bertz CT molecular complexity index is 983. The van der Waals surface area contributed by atoms with Gasteiger partial charge in [-0.15, -0.1) is 11.3 Å². The second kappa shape index (κ2) is 8.36. The van der Waals surface area contributed by atoms with Crippen LogP contribution in [0.2, 0.25) is 0 Å². The van der Waals surface area contributed by atoms with Gasteiger partial charge in [-0.05, 0) is 18.2 Å². The Balaban J connectivity index is 1.42. The Morgan fingerprint density at radius 1 is 1.18 bits per heavy atom. The van der Waals surface area contributed by atoms with Gasteiger partial charge in [-0.3, -0.25) is 14.3 Å². The zero-order valence-corrected chi connectivity index (χ0v) is 16.3. The van der Waals surface area contributed by atoms with Crippen LogP contribution in [0, 0.1) is 0 Å². The van der Waals surface area contributed by atoms with E-state index in [0.717, 1.165) is 37.6 Å². The van der Waals surface area contributed by atoms with Gasteiger partial charge in [0.15, 0.2) is 0 Å². The number of fused-ring (bicyclic) bond motifs is 1. The summed E-state index contributed by atoms with van der Waals surface area (Å²) in [6.45, 7) is 4.13. The zero-order valence-electron chi connectivity index (χ0n) is 15.4. The molecule has 2 aromatic heterocycles. The van der Waals surface area contributed by atoms with Crippen LogP contribution in [0.25, 0.3) is 10.9 Å². The zero-order chi connectivity index (χ0) is 19.5. The molecule has 1 aliphatic rings. The van der Waals surface area contributed by atoms with Crippen molar-refractivity contribution in [2.75, 3.05) is 44.2 Å². The molecule has 3 heterocycles. The van der Waals surface area contributed by atoms with E-state index < -0.39 is 6.10 Å². The SMILES string of the molecule is O=c1c2ccc(N3CCN(CC(O)c4cscn4)CC3)cc2ncn1CCO. The molecule has 1 atom stereocenters. The van der Waals surface area contributed by atoms with E-state index in [2.05, 4.69) is 19.8 Å². The highest BCUT2D eigenvalue weighted by molar-refractivity contribution is 7.07. The van der Waals surface area contributed by atoms with E-state index in [1.54, 1.807) is 5.51 Å². The Morgan fingerprint density at radius 2 is 2.00 bits per heavy atom. The molecule has 0 radical (unpaired) electrons. The standard InChI is InChI=1S/C19H23N5O3S/c25-8-7-24-12-20-16-9-14(1-2-15(16)19(24)27)23-5-3-22(4-6-23)10-18(26)17-11-28-13-21-17/h1-2,9,11-13,18,25-26H,3-8,10H2. The monoisotopic (exact) mass is 401 g/mol. The summed E-state index contributed by atoms with van der Waals surface area (Å²) in [4.78, 5) is 25.5. The van der Waals surface area contributed by atoms with Gasteiger partial charge < -0.3 is 15.1 Å². The molecule has 1 saturated heterocycles. The van der Waals surface area contributed by atoms with Gasteiger partial charge in [0.1, 0.15) is 6.10 Å². The number of hydrogen-bond acceptors (Lipinski definition) is 8. The number of β-amino-alcohol motifs (C(OH)–C–C–N with tert-alkyl or cyclic N) is 1. The van der Waals surface area contributed by atoms with Crippen molar-refractivity contribution >= 4 is 27.9 Å². The smallest absolute Gasteiger partial charge is 0.261 e. The highest BCUT2D eigenvalue weighted by atomic mass is 32.1. The van der Waals surface area contributed by atoms with Crippen molar-refractivity contribution in [3.8, 4) is 0 Å². The predicted octanol–water partition coefficient (Wildman–Crippen LogP) is 0.701. The molecule has 3 aromatic rings. The second-order valence-electron chi connectivity index (χ2n) is 6.88. The van der Waals surface area contributed by atoms with Gasteiger partial charge >= 0.3 is 0 Å². The lowest BCUT2D eigenvalue weighted by molar-refractivity contribution is 0.107. The molecular weight excluding hydrogens is 378 g/mol. The first-order valence-corrected chi connectivity index (χ1v) is 10.2.